The number of aliphatic hydroxyl groups is 4. The first kappa shape index (κ1) is 17.9. The molecule has 0 saturated carbocycles. The molecule has 3 rings (SSSR count). The molecule has 2 heterocycles. The van der Waals surface area contributed by atoms with Gasteiger partial charge in [-0.05, 0) is 19.1 Å². The van der Waals surface area contributed by atoms with Crippen molar-refractivity contribution in [1.29, 1.82) is 0 Å². The summed E-state index contributed by atoms with van der Waals surface area (Å²) in [7, 11) is 0. The van der Waals surface area contributed by atoms with Crippen molar-refractivity contribution < 1.29 is 44.5 Å². The van der Waals surface area contributed by atoms with E-state index in [2.05, 4.69) is 0 Å². The van der Waals surface area contributed by atoms with E-state index in [-0.39, 0.29) is 23.5 Å². The van der Waals surface area contributed by atoms with E-state index in [0.29, 0.717) is 5.56 Å². The van der Waals surface area contributed by atoms with Crippen LogP contribution >= 0.6 is 0 Å². The lowest BCUT2D eigenvalue weighted by atomic mass is 9.96. The number of carbonyl (C=O) groups excluding carboxylic acids is 1. The van der Waals surface area contributed by atoms with Gasteiger partial charge in [-0.15, -0.1) is 0 Å². The zero-order chi connectivity index (χ0) is 18.3. The summed E-state index contributed by atoms with van der Waals surface area (Å²) >= 11 is 0. The average Bonchev–Trinajstić information content (AvgIpc) is 2.57. The summed E-state index contributed by atoms with van der Waals surface area (Å²) in [6.45, 7) is 1.10. The molecule has 5 N–H and O–H groups in total. The number of esters is 1. The van der Waals surface area contributed by atoms with Crippen molar-refractivity contribution in [1.82, 2.24) is 0 Å². The minimum Gasteiger partial charge on any atom is -0.507 e. The first-order chi connectivity index (χ1) is 11.8. The van der Waals surface area contributed by atoms with Crippen molar-refractivity contribution >= 4 is 5.97 Å². The molecule has 6 atom stereocenters. The van der Waals surface area contributed by atoms with Crippen LogP contribution in [0.3, 0.4) is 0 Å². The van der Waals surface area contributed by atoms with E-state index in [1.807, 2.05) is 0 Å². The Kier molecular flexibility index (Phi) is 4.85. The van der Waals surface area contributed by atoms with Crippen LogP contribution in [-0.2, 0) is 15.9 Å². The molecule has 25 heavy (non-hydrogen) atoms. The number of hydrogen-bond donors (Lipinski definition) is 5. The molecule has 2 aliphatic heterocycles. The quantitative estimate of drug-likeness (QED) is 0.416. The molecular formula is C16H20O9. The Hall–Kier alpha value is -1.91. The molecule has 0 bridgehead atoms. The maximum absolute atomic E-state index is 12.0. The van der Waals surface area contributed by atoms with Crippen LogP contribution in [0.4, 0.5) is 0 Å². The summed E-state index contributed by atoms with van der Waals surface area (Å²) in [5, 5.41) is 48.8. The Morgan fingerprint density at radius 2 is 1.92 bits per heavy atom. The van der Waals surface area contributed by atoms with Gasteiger partial charge in [-0.1, -0.05) is 0 Å². The highest BCUT2D eigenvalue weighted by atomic mass is 16.7. The largest absolute Gasteiger partial charge is 0.507 e. The summed E-state index contributed by atoms with van der Waals surface area (Å²) in [5.41, 5.74) is 0.362. The van der Waals surface area contributed by atoms with Gasteiger partial charge in [-0.2, -0.15) is 0 Å². The monoisotopic (exact) mass is 356 g/mol. The van der Waals surface area contributed by atoms with Gasteiger partial charge in [0.25, 0.3) is 0 Å². The number of phenols is 1. The third kappa shape index (κ3) is 3.16. The summed E-state index contributed by atoms with van der Waals surface area (Å²) in [6.07, 6.45) is -7.29. The molecule has 0 spiro atoms. The molecule has 1 fully saturated rings. The number of aromatic hydroxyl groups is 1. The molecule has 1 saturated heterocycles. The van der Waals surface area contributed by atoms with E-state index in [0.717, 1.165) is 0 Å². The minimum atomic E-state index is -1.58. The van der Waals surface area contributed by atoms with Gasteiger partial charge in [0, 0.05) is 12.0 Å². The van der Waals surface area contributed by atoms with Gasteiger partial charge >= 0.3 is 5.97 Å². The van der Waals surface area contributed by atoms with Crippen LogP contribution in [0.2, 0.25) is 0 Å². The van der Waals surface area contributed by atoms with Crippen molar-refractivity contribution in [2.45, 2.75) is 50.2 Å². The summed E-state index contributed by atoms with van der Waals surface area (Å²) < 4.78 is 16.0. The van der Waals surface area contributed by atoms with Crippen molar-refractivity contribution in [3.05, 3.63) is 23.3 Å². The number of rotatable bonds is 3. The van der Waals surface area contributed by atoms with Crippen LogP contribution in [0, 0.1) is 0 Å². The highest BCUT2D eigenvalue weighted by Crippen LogP contribution is 2.36. The van der Waals surface area contributed by atoms with E-state index < -0.39 is 49.4 Å². The molecular weight excluding hydrogens is 336 g/mol. The Labute approximate surface area is 143 Å². The fraction of sp³-hybridized carbons (Fsp3) is 0.562. The maximum Gasteiger partial charge on any atom is 0.342 e. The summed E-state index contributed by atoms with van der Waals surface area (Å²) in [4.78, 5) is 12.0. The van der Waals surface area contributed by atoms with E-state index in [4.69, 9.17) is 14.2 Å². The van der Waals surface area contributed by atoms with E-state index in [9.17, 15) is 30.3 Å². The van der Waals surface area contributed by atoms with Gasteiger partial charge in [0.2, 0.25) is 6.29 Å². The van der Waals surface area contributed by atoms with E-state index in [1.54, 1.807) is 6.92 Å². The topological polar surface area (TPSA) is 146 Å². The van der Waals surface area contributed by atoms with Crippen LogP contribution in [0.1, 0.15) is 22.8 Å². The number of carbonyl (C=O) groups is 1. The molecule has 9 heteroatoms. The van der Waals surface area contributed by atoms with Gasteiger partial charge in [0.15, 0.2) is 0 Å². The molecule has 2 aliphatic rings. The van der Waals surface area contributed by atoms with Crippen LogP contribution in [0.5, 0.6) is 11.5 Å². The third-order valence-corrected chi connectivity index (χ3v) is 4.34. The number of cyclic esters (lactones) is 1. The molecule has 1 aromatic carbocycles. The van der Waals surface area contributed by atoms with Crippen LogP contribution in [0.15, 0.2) is 12.1 Å². The fourth-order valence-electron chi connectivity index (χ4n) is 3.02. The molecule has 138 valence electrons. The number of ether oxygens (including phenoxy) is 3. The van der Waals surface area contributed by atoms with Crippen LogP contribution in [0.25, 0.3) is 0 Å². The number of benzene rings is 1. The molecule has 6 unspecified atom stereocenters. The Balaban J connectivity index is 1.91. The Morgan fingerprint density at radius 3 is 2.60 bits per heavy atom. The Bertz CT molecular complexity index is 659. The second-order valence-corrected chi connectivity index (χ2v) is 6.17. The lowest BCUT2D eigenvalue weighted by molar-refractivity contribution is -0.277. The molecule has 0 amide bonds. The fourth-order valence-corrected chi connectivity index (χ4v) is 3.02. The van der Waals surface area contributed by atoms with Crippen molar-refractivity contribution in [2.75, 3.05) is 6.61 Å². The number of aliphatic hydroxyl groups excluding tert-OH is 4. The second-order valence-electron chi connectivity index (χ2n) is 6.17. The van der Waals surface area contributed by atoms with E-state index in [1.165, 1.54) is 12.1 Å². The molecule has 9 nitrogen and oxygen atoms in total. The van der Waals surface area contributed by atoms with Crippen molar-refractivity contribution in [3.63, 3.8) is 0 Å². The minimum absolute atomic E-state index is 0.0276. The van der Waals surface area contributed by atoms with Gasteiger partial charge in [-0.3, -0.25) is 0 Å². The Morgan fingerprint density at radius 1 is 1.20 bits per heavy atom. The lowest BCUT2D eigenvalue weighted by Gasteiger charge is -2.40. The molecule has 0 aromatic heterocycles. The first-order valence-corrected chi connectivity index (χ1v) is 7.86. The number of fused-ring (bicyclic) bond motifs is 1. The van der Waals surface area contributed by atoms with Gasteiger partial charge in [-0.25, -0.2) is 4.79 Å². The predicted octanol–water partition coefficient (Wildman–Crippen LogP) is -1.33. The highest BCUT2D eigenvalue weighted by Gasteiger charge is 2.45. The average molecular weight is 356 g/mol. The predicted molar refractivity (Wildman–Crippen MR) is 81.1 cm³/mol. The number of hydrogen-bond acceptors (Lipinski definition) is 9. The molecule has 1 aromatic rings. The normalized spacial score (nSPS) is 35.0. The summed E-state index contributed by atoms with van der Waals surface area (Å²) in [5.74, 6) is -0.779. The lowest BCUT2D eigenvalue weighted by Crippen LogP contribution is -2.60. The molecule has 0 radical (unpaired) electrons. The highest BCUT2D eigenvalue weighted by molar-refractivity contribution is 5.96. The third-order valence-electron chi connectivity index (χ3n) is 4.34. The van der Waals surface area contributed by atoms with Gasteiger partial charge in [0.05, 0.1) is 6.61 Å². The second kappa shape index (κ2) is 6.77. The van der Waals surface area contributed by atoms with Crippen molar-refractivity contribution in [3.8, 4) is 11.5 Å². The first-order valence-electron chi connectivity index (χ1n) is 7.86. The van der Waals surface area contributed by atoms with Gasteiger partial charge in [0.1, 0.15) is 47.6 Å². The van der Waals surface area contributed by atoms with Gasteiger partial charge < -0.3 is 39.7 Å². The summed E-state index contributed by atoms with van der Waals surface area (Å²) in [6, 6.07) is 2.65. The van der Waals surface area contributed by atoms with Crippen LogP contribution in [-0.4, -0.2) is 74.9 Å². The maximum atomic E-state index is 12.0. The van der Waals surface area contributed by atoms with E-state index >= 15 is 0 Å². The number of phenolic OH excluding ortho intramolecular Hbond substituents is 1. The van der Waals surface area contributed by atoms with Crippen molar-refractivity contribution in [2.24, 2.45) is 0 Å². The van der Waals surface area contributed by atoms with Crippen LogP contribution < -0.4 is 4.74 Å². The standard InChI is InChI=1S/C16H20O9/c1-6-4-7-9(3-2-8(18)11(7)15(22)23-6)24-16-14(21)13(20)12(19)10(5-17)25-16/h2-3,6,10,12-14,16-21H,4-5H2,1H3. The molecule has 0 aliphatic carbocycles. The zero-order valence-electron chi connectivity index (χ0n) is 13.4. The smallest absolute Gasteiger partial charge is 0.342 e. The zero-order valence-corrected chi connectivity index (χ0v) is 13.4. The SMILES string of the molecule is CC1Cc2c(OC3OC(CO)C(O)C(O)C3O)ccc(O)c2C(=O)O1.